The van der Waals surface area contributed by atoms with Crippen LogP contribution in [0.3, 0.4) is 0 Å². The van der Waals surface area contributed by atoms with E-state index in [1.807, 2.05) is 32.0 Å². The summed E-state index contributed by atoms with van der Waals surface area (Å²) in [6, 6.07) is 7.83. The average Bonchev–Trinajstić information content (AvgIpc) is 2.36. The molecule has 4 heteroatoms. The third kappa shape index (κ3) is 3.65. The molecule has 0 aliphatic rings. The molecule has 0 radical (unpaired) electrons. The number of nitriles is 1. The first kappa shape index (κ1) is 13.3. The van der Waals surface area contributed by atoms with Gasteiger partial charge in [-0.1, -0.05) is 6.07 Å². The van der Waals surface area contributed by atoms with Gasteiger partial charge in [-0.3, -0.25) is 5.32 Å². The Morgan fingerprint density at radius 3 is 2.53 bits per heavy atom. The van der Waals surface area contributed by atoms with Crippen LogP contribution in [0.15, 0.2) is 18.2 Å². The van der Waals surface area contributed by atoms with E-state index in [0.717, 1.165) is 17.1 Å². The fourth-order valence-corrected chi connectivity index (χ4v) is 1.35. The molecule has 92 valence electrons. The zero-order valence-corrected chi connectivity index (χ0v) is 10.7. The molecule has 1 aromatic carbocycles. The third-order valence-corrected chi connectivity index (χ3v) is 2.49. The quantitative estimate of drug-likeness (QED) is 0.847. The van der Waals surface area contributed by atoms with Crippen LogP contribution in [0, 0.1) is 11.3 Å². The van der Waals surface area contributed by atoms with Gasteiger partial charge in [0.25, 0.3) is 0 Å². The highest BCUT2D eigenvalue weighted by atomic mass is 16.5. The molecule has 0 aliphatic heterocycles. The molecular formula is C13H18N2O2. The number of ether oxygens (including phenoxy) is 2. The fourth-order valence-electron chi connectivity index (χ4n) is 1.35. The van der Waals surface area contributed by atoms with Gasteiger partial charge in [0.05, 0.1) is 20.3 Å². The average molecular weight is 234 g/mol. The number of rotatable bonds is 5. The summed E-state index contributed by atoms with van der Waals surface area (Å²) in [5, 5.41) is 12.1. The van der Waals surface area contributed by atoms with Crippen molar-refractivity contribution in [3.05, 3.63) is 23.8 Å². The molecule has 0 heterocycles. The highest BCUT2D eigenvalue weighted by Gasteiger charge is 2.16. The number of nitrogens with one attached hydrogen (secondary N) is 1. The lowest BCUT2D eigenvalue weighted by Gasteiger charge is -2.18. The zero-order valence-electron chi connectivity index (χ0n) is 10.7. The monoisotopic (exact) mass is 234 g/mol. The molecule has 0 unspecified atom stereocenters. The zero-order chi connectivity index (χ0) is 12.9. The van der Waals surface area contributed by atoms with Crippen molar-refractivity contribution in [3.63, 3.8) is 0 Å². The van der Waals surface area contributed by atoms with Crippen molar-refractivity contribution in [1.82, 2.24) is 5.32 Å². The van der Waals surface area contributed by atoms with Crippen LogP contribution in [0.25, 0.3) is 0 Å². The van der Waals surface area contributed by atoms with Crippen molar-refractivity contribution in [2.24, 2.45) is 0 Å². The second kappa shape index (κ2) is 5.55. The Balaban J connectivity index is 2.81. The van der Waals surface area contributed by atoms with Gasteiger partial charge >= 0.3 is 0 Å². The van der Waals surface area contributed by atoms with Crippen LogP contribution >= 0.6 is 0 Å². The SMILES string of the molecule is COc1ccc(CNC(C)(C)C#N)c(OC)c1. The maximum Gasteiger partial charge on any atom is 0.127 e. The van der Waals surface area contributed by atoms with Crippen LogP contribution in [0.1, 0.15) is 19.4 Å². The van der Waals surface area contributed by atoms with Gasteiger partial charge in [-0.15, -0.1) is 0 Å². The van der Waals surface area contributed by atoms with Crippen LogP contribution < -0.4 is 14.8 Å². The molecule has 0 saturated heterocycles. The Bertz CT molecular complexity index is 422. The molecular weight excluding hydrogens is 216 g/mol. The molecule has 0 bridgehead atoms. The van der Waals surface area contributed by atoms with E-state index < -0.39 is 5.54 Å². The van der Waals surface area contributed by atoms with Crippen LogP contribution in [0.5, 0.6) is 11.5 Å². The third-order valence-electron chi connectivity index (χ3n) is 2.49. The van der Waals surface area contributed by atoms with Crippen molar-refractivity contribution < 1.29 is 9.47 Å². The number of hydrogen-bond acceptors (Lipinski definition) is 4. The van der Waals surface area contributed by atoms with Gasteiger partial charge in [0, 0.05) is 18.2 Å². The van der Waals surface area contributed by atoms with E-state index in [2.05, 4.69) is 11.4 Å². The Kier molecular flexibility index (Phi) is 4.36. The van der Waals surface area contributed by atoms with Gasteiger partial charge in [0.1, 0.15) is 17.0 Å². The molecule has 0 fully saturated rings. The predicted molar refractivity (Wildman–Crippen MR) is 66.1 cm³/mol. The Hall–Kier alpha value is -1.73. The summed E-state index contributed by atoms with van der Waals surface area (Å²) in [5.74, 6) is 1.51. The van der Waals surface area contributed by atoms with Crippen molar-refractivity contribution in [2.45, 2.75) is 25.9 Å². The maximum atomic E-state index is 8.92. The standard InChI is InChI=1S/C13H18N2O2/c1-13(2,9-14)15-8-10-5-6-11(16-3)7-12(10)17-4/h5-7,15H,8H2,1-4H3. The van der Waals surface area contributed by atoms with E-state index in [4.69, 9.17) is 14.7 Å². The number of methoxy groups -OCH3 is 2. The van der Waals surface area contributed by atoms with Crippen LogP contribution in [0.4, 0.5) is 0 Å². The Morgan fingerprint density at radius 1 is 1.29 bits per heavy atom. The van der Waals surface area contributed by atoms with E-state index >= 15 is 0 Å². The van der Waals surface area contributed by atoms with Crippen molar-refractivity contribution in [2.75, 3.05) is 14.2 Å². The molecule has 0 aromatic heterocycles. The molecule has 1 N–H and O–H groups in total. The van der Waals surface area contributed by atoms with Gasteiger partial charge in [-0.2, -0.15) is 5.26 Å². The summed E-state index contributed by atoms with van der Waals surface area (Å²) < 4.78 is 10.4. The molecule has 1 aromatic rings. The normalized spacial score (nSPS) is 10.8. The lowest BCUT2D eigenvalue weighted by Crippen LogP contribution is -2.36. The molecule has 0 atom stereocenters. The maximum absolute atomic E-state index is 8.92. The molecule has 0 spiro atoms. The summed E-state index contributed by atoms with van der Waals surface area (Å²) in [7, 11) is 3.24. The topological polar surface area (TPSA) is 54.3 Å². The van der Waals surface area contributed by atoms with E-state index in [-0.39, 0.29) is 0 Å². The molecule has 4 nitrogen and oxygen atoms in total. The molecule has 0 saturated carbocycles. The summed E-state index contributed by atoms with van der Waals surface area (Å²) in [6.07, 6.45) is 0. The second-order valence-corrected chi connectivity index (χ2v) is 4.27. The lowest BCUT2D eigenvalue weighted by molar-refractivity contribution is 0.387. The highest BCUT2D eigenvalue weighted by molar-refractivity contribution is 5.40. The van der Waals surface area contributed by atoms with Crippen LogP contribution in [-0.4, -0.2) is 19.8 Å². The molecule has 17 heavy (non-hydrogen) atoms. The van der Waals surface area contributed by atoms with Gasteiger partial charge in [0.15, 0.2) is 0 Å². The summed E-state index contributed by atoms with van der Waals surface area (Å²) in [4.78, 5) is 0. The first-order chi connectivity index (χ1) is 8.02. The van der Waals surface area contributed by atoms with Gasteiger partial charge in [-0.25, -0.2) is 0 Å². The summed E-state index contributed by atoms with van der Waals surface area (Å²) >= 11 is 0. The van der Waals surface area contributed by atoms with Crippen molar-refractivity contribution in [3.8, 4) is 17.6 Å². The second-order valence-electron chi connectivity index (χ2n) is 4.27. The van der Waals surface area contributed by atoms with Crippen molar-refractivity contribution in [1.29, 1.82) is 5.26 Å². The van der Waals surface area contributed by atoms with E-state index in [9.17, 15) is 0 Å². The predicted octanol–water partition coefficient (Wildman–Crippen LogP) is 2.10. The smallest absolute Gasteiger partial charge is 0.127 e. The number of benzene rings is 1. The van der Waals surface area contributed by atoms with E-state index in [1.54, 1.807) is 14.2 Å². The minimum absolute atomic E-state index is 0.551. The van der Waals surface area contributed by atoms with Crippen LogP contribution in [0.2, 0.25) is 0 Å². The number of nitrogens with zero attached hydrogens (tertiary/aromatic N) is 1. The minimum Gasteiger partial charge on any atom is -0.497 e. The largest absolute Gasteiger partial charge is 0.497 e. The Labute approximate surface area is 102 Å². The highest BCUT2D eigenvalue weighted by Crippen LogP contribution is 2.24. The summed E-state index contributed by atoms with van der Waals surface area (Å²) in [6.45, 7) is 4.25. The van der Waals surface area contributed by atoms with Gasteiger partial charge in [-0.05, 0) is 19.9 Å². The van der Waals surface area contributed by atoms with Crippen LogP contribution in [-0.2, 0) is 6.54 Å². The van der Waals surface area contributed by atoms with Gasteiger partial charge in [0.2, 0.25) is 0 Å². The summed E-state index contributed by atoms with van der Waals surface area (Å²) in [5.41, 5.74) is 0.446. The van der Waals surface area contributed by atoms with Crippen molar-refractivity contribution >= 4 is 0 Å². The molecule has 0 aliphatic carbocycles. The fraction of sp³-hybridized carbons (Fsp3) is 0.462. The minimum atomic E-state index is -0.551. The Morgan fingerprint density at radius 2 is 2.00 bits per heavy atom. The lowest BCUT2D eigenvalue weighted by atomic mass is 10.1. The van der Waals surface area contributed by atoms with Gasteiger partial charge < -0.3 is 9.47 Å². The number of hydrogen-bond donors (Lipinski definition) is 1. The molecule has 1 rings (SSSR count). The molecule has 0 amide bonds. The van der Waals surface area contributed by atoms with E-state index in [0.29, 0.717) is 6.54 Å². The first-order valence-corrected chi connectivity index (χ1v) is 5.39. The van der Waals surface area contributed by atoms with E-state index in [1.165, 1.54) is 0 Å². The first-order valence-electron chi connectivity index (χ1n) is 5.39.